The van der Waals surface area contributed by atoms with Gasteiger partial charge in [-0.05, 0) is 42.3 Å². The van der Waals surface area contributed by atoms with E-state index in [9.17, 15) is 14.3 Å². The molecule has 2 aromatic carbocycles. The van der Waals surface area contributed by atoms with Gasteiger partial charge in [-0.3, -0.25) is 9.20 Å². The number of halogens is 2. The number of hydrogen-bond donors (Lipinski definition) is 4. The predicted octanol–water partition coefficient (Wildman–Crippen LogP) is 3.70. The molecule has 0 saturated heterocycles. The first kappa shape index (κ1) is 23.6. The number of nitrogen functional groups attached to an aromatic ring is 2. The third-order valence-corrected chi connectivity index (χ3v) is 7.05. The van der Waals surface area contributed by atoms with Gasteiger partial charge in [0.2, 0.25) is 5.91 Å². The van der Waals surface area contributed by atoms with Gasteiger partial charge in [-0.25, -0.2) is 24.3 Å². The standard InChI is InChI=1S/C26H20ClFN8O2/c1-26(13-5-6-15(27)18(37)9-13)20-21(30)33-22(34-23(20)35-25(26)38)17-11-36-19(29)10-31-24(36)16(32-17)8-12-3-2-4-14(28)7-12/h2-7,9-11,37H,8,29H2,1H3,(H3,30,33,34,35,38)/t26-/m1/s1. The lowest BCUT2D eigenvalue weighted by Gasteiger charge is -2.23. The number of hydrogen-bond acceptors (Lipinski definition) is 8. The van der Waals surface area contributed by atoms with Crippen molar-refractivity contribution in [2.45, 2.75) is 18.8 Å². The van der Waals surface area contributed by atoms with Gasteiger partial charge in [0.25, 0.3) is 0 Å². The Morgan fingerprint density at radius 3 is 2.74 bits per heavy atom. The Labute approximate surface area is 220 Å². The molecule has 0 radical (unpaired) electrons. The largest absolute Gasteiger partial charge is 0.506 e. The number of rotatable bonds is 4. The van der Waals surface area contributed by atoms with Crippen LogP contribution in [-0.2, 0) is 16.6 Å². The van der Waals surface area contributed by atoms with Crippen LogP contribution in [0.2, 0.25) is 5.02 Å². The lowest BCUT2D eigenvalue weighted by molar-refractivity contribution is -0.119. The van der Waals surface area contributed by atoms with Crippen LogP contribution in [-0.4, -0.2) is 35.4 Å². The molecule has 1 amide bonds. The fourth-order valence-electron chi connectivity index (χ4n) is 4.76. The number of benzene rings is 2. The maximum atomic E-state index is 13.8. The number of anilines is 3. The zero-order chi connectivity index (χ0) is 26.8. The minimum absolute atomic E-state index is 0.0625. The van der Waals surface area contributed by atoms with E-state index >= 15 is 0 Å². The van der Waals surface area contributed by atoms with E-state index < -0.39 is 5.41 Å². The first-order valence-electron chi connectivity index (χ1n) is 11.5. The number of nitrogens with two attached hydrogens (primary N) is 2. The van der Waals surface area contributed by atoms with E-state index in [1.54, 1.807) is 35.7 Å². The molecule has 3 aromatic heterocycles. The lowest BCUT2D eigenvalue weighted by atomic mass is 9.77. The summed E-state index contributed by atoms with van der Waals surface area (Å²) in [4.78, 5) is 31.3. The highest BCUT2D eigenvalue weighted by Crippen LogP contribution is 2.46. The summed E-state index contributed by atoms with van der Waals surface area (Å²) in [6.45, 7) is 1.67. The van der Waals surface area contributed by atoms with E-state index in [0.717, 1.165) is 0 Å². The lowest BCUT2D eigenvalue weighted by Crippen LogP contribution is -2.32. The van der Waals surface area contributed by atoms with Crippen molar-refractivity contribution < 1.29 is 14.3 Å². The second kappa shape index (κ2) is 8.38. The van der Waals surface area contributed by atoms with Crippen LogP contribution in [0.4, 0.5) is 21.8 Å². The van der Waals surface area contributed by atoms with Crippen LogP contribution in [0.1, 0.15) is 29.3 Å². The summed E-state index contributed by atoms with van der Waals surface area (Å²) >= 11 is 5.96. The number of imidazole rings is 1. The van der Waals surface area contributed by atoms with Gasteiger partial charge in [0.15, 0.2) is 11.5 Å². The number of amides is 1. The van der Waals surface area contributed by atoms with Crippen LogP contribution in [0.25, 0.3) is 17.2 Å². The highest BCUT2D eigenvalue weighted by molar-refractivity contribution is 6.32. The van der Waals surface area contributed by atoms with E-state index in [1.165, 1.54) is 30.5 Å². The molecule has 1 atom stereocenters. The Morgan fingerprint density at radius 1 is 1.16 bits per heavy atom. The molecule has 10 nitrogen and oxygen atoms in total. The van der Waals surface area contributed by atoms with E-state index in [0.29, 0.717) is 39.5 Å². The summed E-state index contributed by atoms with van der Waals surface area (Å²) in [5, 5.41) is 13.1. The van der Waals surface area contributed by atoms with Crippen LogP contribution < -0.4 is 16.8 Å². The van der Waals surface area contributed by atoms with Crippen LogP contribution in [0.3, 0.4) is 0 Å². The van der Waals surface area contributed by atoms with E-state index in [-0.39, 0.29) is 46.4 Å². The van der Waals surface area contributed by atoms with Crippen LogP contribution >= 0.6 is 11.6 Å². The minimum Gasteiger partial charge on any atom is -0.506 e. The van der Waals surface area contributed by atoms with E-state index in [1.807, 2.05) is 0 Å². The first-order valence-corrected chi connectivity index (χ1v) is 11.9. The topological polar surface area (TPSA) is 157 Å². The van der Waals surface area contributed by atoms with Gasteiger partial charge in [-0.2, -0.15) is 0 Å². The number of carbonyl (C=O) groups is 1. The molecule has 6 N–H and O–H groups in total. The summed E-state index contributed by atoms with van der Waals surface area (Å²) in [6.07, 6.45) is 3.41. The van der Waals surface area contributed by atoms with Crippen molar-refractivity contribution in [2.24, 2.45) is 0 Å². The summed E-state index contributed by atoms with van der Waals surface area (Å²) < 4.78 is 15.5. The number of aromatic nitrogens is 5. The van der Waals surface area contributed by atoms with E-state index in [2.05, 4.69) is 20.3 Å². The van der Waals surface area contributed by atoms with Crippen molar-refractivity contribution in [1.82, 2.24) is 24.3 Å². The Morgan fingerprint density at radius 2 is 1.97 bits per heavy atom. The summed E-state index contributed by atoms with van der Waals surface area (Å²) in [5.74, 6) is -0.110. The number of nitrogens with one attached hydrogen (secondary N) is 1. The second-order valence-corrected chi connectivity index (χ2v) is 9.56. The second-order valence-electron chi connectivity index (χ2n) is 9.16. The quantitative estimate of drug-likeness (QED) is 0.274. The molecule has 4 heterocycles. The van der Waals surface area contributed by atoms with Gasteiger partial charge < -0.3 is 21.9 Å². The monoisotopic (exact) mass is 530 g/mol. The SMILES string of the molecule is C[C@]1(c2ccc(Cl)c(O)c2)C(=O)Nc2nc(-c3cn4c(N)cnc4c(Cc4cccc(F)c4)n3)nc(N)c21. The Balaban J connectivity index is 1.48. The third-order valence-electron chi connectivity index (χ3n) is 6.73. The Hall–Kier alpha value is -4.77. The zero-order valence-electron chi connectivity index (χ0n) is 19.9. The average Bonchev–Trinajstić information content (AvgIpc) is 3.38. The number of phenolic OH excluding ortho intramolecular Hbond substituents is 1. The molecule has 6 rings (SSSR count). The number of aromatic hydroxyl groups is 1. The molecule has 38 heavy (non-hydrogen) atoms. The first-order chi connectivity index (χ1) is 18.1. The maximum Gasteiger partial charge on any atom is 0.240 e. The molecular formula is C26H20ClFN8O2. The van der Waals surface area contributed by atoms with Gasteiger partial charge in [-0.1, -0.05) is 29.8 Å². The minimum atomic E-state index is -1.27. The molecule has 5 aromatic rings. The Kier molecular flexibility index (Phi) is 5.21. The van der Waals surface area contributed by atoms with Gasteiger partial charge in [0, 0.05) is 12.6 Å². The molecule has 0 spiro atoms. The summed E-state index contributed by atoms with van der Waals surface area (Å²) in [5.41, 5.74) is 14.2. The predicted molar refractivity (Wildman–Crippen MR) is 140 cm³/mol. The highest BCUT2D eigenvalue weighted by atomic mass is 35.5. The summed E-state index contributed by atoms with van der Waals surface area (Å²) in [6, 6.07) is 10.8. The van der Waals surface area contributed by atoms with Crippen LogP contribution in [0.5, 0.6) is 5.75 Å². The highest BCUT2D eigenvalue weighted by Gasteiger charge is 2.47. The van der Waals surface area contributed by atoms with Gasteiger partial charge in [-0.15, -0.1) is 0 Å². The molecule has 0 aliphatic carbocycles. The zero-order valence-corrected chi connectivity index (χ0v) is 20.7. The number of nitrogens with zero attached hydrogens (tertiary/aromatic N) is 5. The molecule has 0 bridgehead atoms. The van der Waals surface area contributed by atoms with Crippen molar-refractivity contribution >= 4 is 40.6 Å². The number of carbonyl (C=O) groups excluding carboxylic acids is 1. The molecule has 0 fully saturated rings. The fourth-order valence-corrected chi connectivity index (χ4v) is 4.88. The van der Waals surface area contributed by atoms with Crippen LogP contribution in [0, 0.1) is 5.82 Å². The third kappa shape index (κ3) is 3.58. The molecule has 0 saturated carbocycles. The summed E-state index contributed by atoms with van der Waals surface area (Å²) in [7, 11) is 0. The molecular weight excluding hydrogens is 511 g/mol. The van der Waals surface area contributed by atoms with E-state index in [4.69, 9.17) is 28.1 Å². The molecule has 1 aliphatic rings. The normalized spacial score (nSPS) is 16.6. The van der Waals surface area contributed by atoms with Crippen molar-refractivity contribution in [3.8, 4) is 17.3 Å². The maximum absolute atomic E-state index is 13.8. The average molecular weight is 531 g/mol. The van der Waals surface area contributed by atoms with Crippen molar-refractivity contribution in [1.29, 1.82) is 0 Å². The molecule has 12 heteroatoms. The number of phenols is 1. The molecule has 190 valence electrons. The van der Waals surface area contributed by atoms with Gasteiger partial charge in [0.1, 0.15) is 40.1 Å². The molecule has 0 unspecified atom stereocenters. The van der Waals surface area contributed by atoms with Crippen molar-refractivity contribution in [3.63, 3.8) is 0 Å². The smallest absolute Gasteiger partial charge is 0.240 e. The van der Waals surface area contributed by atoms with Crippen LogP contribution in [0.15, 0.2) is 54.9 Å². The molecule has 1 aliphatic heterocycles. The number of fused-ring (bicyclic) bond motifs is 2. The van der Waals surface area contributed by atoms with Crippen molar-refractivity contribution in [2.75, 3.05) is 16.8 Å². The van der Waals surface area contributed by atoms with Gasteiger partial charge in [0.05, 0.1) is 22.5 Å². The van der Waals surface area contributed by atoms with Gasteiger partial charge >= 0.3 is 0 Å². The Bertz CT molecular complexity index is 1790. The fraction of sp³-hybridized carbons (Fsp3) is 0.115. The van der Waals surface area contributed by atoms with Crippen molar-refractivity contribution in [3.05, 3.63) is 88.1 Å².